The number of fused-ring (bicyclic) bond motifs is 1. The number of aryl methyl sites for hydroxylation is 1. The Balaban J connectivity index is 1.51. The van der Waals surface area contributed by atoms with Gasteiger partial charge in [-0.15, -0.1) is 0 Å². The summed E-state index contributed by atoms with van der Waals surface area (Å²) < 4.78 is 24.1. The topological polar surface area (TPSA) is 41.9 Å². The molecule has 0 amide bonds. The third-order valence-corrected chi connectivity index (χ3v) is 4.47. The zero-order valence-corrected chi connectivity index (χ0v) is 14.5. The van der Waals surface area contributed by atoms with Gasteiger partial charge in [0.05, 0.1) is 13.7 Å². The van der Waals surface area contributed by atoms with E-state index in [0.717, 1.165) is 38.0 Å². The smallest absolute Gasteiger partial charge is 0.161 e. The third kappa shape index (κ3) is 4.50. The maximum absolute atomic E-state index is 13.3. The lowest BCUT2D eigenvalue weighted by Crippen LogP contribution is -2.18. The molecule has 0 aromatic heterocycles. The molecule has 1 aliphatic rings. The number of hydrogen-bond donors (Lipinski definition) is 1. The van der Waals surface area contributed by atoms with E-state index >= 15 is 0 Å². The van der Waals surface area contributed by atoms with E-state index in [1.807, 2.05) is 24.3 Å². The summed E-state index contributed by atoms with van der Waals surface area (Å²) in [6.07, 6.45) is 1.97. The van der Waals surface area contributed by atoms with Crippen LogP contribution < -0.4 is 9.47 Å². The van der Waals surface area contributed by atoms with Crippen molar-refractivity contribution in [3.63, 3.8) is 0 Å². The Hall–Kier alpha value is -2.11. The average molecular weight is 345 g/mol. The predicted octanol–water partition coefficient (Wildman–Crippen LogP) is 3.15. The van der Waals surface area contributed by atoms with Gasteiger partial charge in [-0.3, -0.25) is 4.90 Å². The molecule has 0 fully saturated rings. The summed E-state index contributed by atoms with van der Waals surface area (Å²) in [7, 11) is 1.62. The molecular weight excluding hydrogens is 321 g/mol. The Morgan fingerprint density at radius 1 is 1.08 bits per heavy atom. The Kier molecular flexibility index (Phi) is 5.89. The van der Waals surface area contributed by atoms with Gasteiger partial charge in [0.15, 0.2) is 11.5 Å². The van der Waals surface area contributed by atoms with Crippen LogP contribution in [0.2, 0.25) is 0 Å². The SMILES string of the molecule is COc1cc(CCCN2Cc3ccc(F)cc3C2)ccc1OCCO. The molecule has 0 atom stereocenters. The highest BCUT2D eigenvalue weighted by atomic mass is 19.1. The fraction of sp³-hybridized carbons (Fsp3) is 0.400. The van der Waals surface area contributed by atoms with Gasteiger partial charge in [0.25, 0.3) is 0 Å². The van der Waals surface area contributed by atoms with Crippen LogP contribution in [0.15, 0.2) is 36.4 Å². The van der Waals surface area contributed by atoms with Crippen molar-refractivity contribution < 1.29 is 19.0 Å². The highest BCUT2D eigenvalue weighted by Crippen LogP contribution is 2.29. The molecule has 0 aliphatic carbocycles. The van der Waals surface area contributed by atoms with Crippen LogP contribution in [0.5, 0.6) is 11.5 Å². The van der Waals surface area contributed by atoms with Crippen LogP contribution in [0.3, 0.4) is 0 Å². The first-order valence-electron chi connectivity index (χ1n) is 8.60. The Labute approximate surface area is 147 Å². The van der Waals surface area contributed by atoms with Crippen LogP contribution in [0.1, 0.15) is 23.1 Å². The number of hydrogen-bond acceptors (Lipinski definition) is 4. The van der Waals surface area contributed by atoms with Gasteiger partial charge in [-0.2, -0.15) is 0 Å². The molecule has 25 heavy (non-hydrogen) atoms. The first-order valence-corrected chi connectivity index (χ1v) is 8.60. The number of halogens is 1. The normalized spacial score (nSPS) is 13.7. The summed E-state index contributed by atoms with van der Waals surface area (Å²) in [5.41, 5.74) is 3.52. The zero-order valence-electron chi connectivity index (χ0n) is 14.5. The van der Waals surface area contributed by atoms with Crippen molar-refractivity contribution in [2.75, 3.05) is 26.9 Å². The number of benzene rings is 2. The molecule has 2 aromatic carbocycles. The van der Waals surface area contributed by atoms with Gasteiger partial charge in [0, 0.05) is 13.1 Å². The van der Waals surface area contributed by atoms with Crippen LogP contribution in [-0.2, 0) is 19.5 Å². The minimum atomic E-state index is -0.156. The van der Waals surface area contributed by atoms with E-state index in [-0.39, 0.29) is 19.0 Å². The third-order valence-electron chi connectivity index (χ3n) is 4.47. The first-order chi connectivity index (χ1) is 12.2. The van der Waals surface area contributed by atoms with E-state index < -0.39 is 0 Å². The second kappa shape index (κ2) is 8.32. The highest BCUT2D eigenvalue weighted by Gasteiger charge is 2.18. The summed E-state index contributed by atoms with van der Waals surface area (Å²) in [6, 6.07) is 11.0. The van der Waals surface area contributed by atoms with Gasteiger partial charge in [0.1, 0.15) is 12.4 Å². The molecule has 5 heteroatoms. The monoisotopic (exact) mass is 345 g/mol. The second-order valence-corrected chi connectivity index (χ2v) is 6.28. The van der Waals surface area contributed by atoms with Crippen molar-refractivity contribution in [1.82, 2.24) is 4.90 Å². The lowest BCUT2D eigenvalue weighted by atomic mass is 10.1. The number of rotatable bonds is 8. The van der Waals surface area contributed by atoms with E-state index in [0.29, 0.717) is 11.5 Å². The molecule has 0 saturated carbocycles. The number of aliphatic hydroxyl groups is 1. The van der Waals surface area contributed by atoms with E-state index in [2.05, 4.69) is 4.90 Å². The minimum Gasteiger partial charge on any atom is -0.493 e. The molecule has 0 bridgehead atoms. The number of ether oxygens (including phenoxy) is 2. The maximum atomic E-state index is 13.3. The molecule has 3 rings (SSSR count). The fourth-order valence-corrected chi connectivity index (χ4v) is 3.24. The van der Waals surface area contributed by atoms with E-state index in [1.54, 1.807) is 13.2 Å². The lowest BCUT2D eigenvalue weighted by Gasteiger charge is -2.15. The molecule has 0 spiro atoms. The van der Waals surface area contributed by atoms with E-state index in [4.69, 9.17) is 14.6 Å². The molecule has 0 unspecified atom stereocenters. The second-order valence-electron chi connectivity index (χ2n) is 6.28. The summed E-state index contributed by atoms with van der Waals surface area (Å²) in [6.45, 7) is 2.93. The molecule has 2 aromatic rings. The van der Waals surface area contributed by atoms with Crippen molar-refractivity contribution in [3.05, 3.63) is 58.9 Å². The summed E-state index contributed by atoms with van der Waals surface area (Å²) in [4.78, 5) is 2.35. The molecule has 1 aliphatic heterocycles. The van der Waals surface area contributed by atoms with Crippen LogP contribution in [0.25, 0.3) is 0 Å². The van der Waals surface area contributed by atoms with Crippen molar-refractivity contribution in [1.29, 1.82) is 0 Å². The molecule has 1 heterocycles. The van der Waals surface area contributed by atoms with Gasteiger partial charge < -0.3 is 14.6 Å². The number of aliphatic hydroxyl groups excluding tert-OH is 1. The highest BCUT2D eigenvalue weighted by molar-refractivity contribution is 5.43. The average Bonchev–Trinajstić information content (AvgIpc) is 3.02. The zero-order chi connectivity index (χ0) is 17.6. The quantitative estimate of drug-likeness (QED) is 0.798. The summed E-state index contributed by atoms with van der Waals surface area (Å²) in [5, 5.41) is 8.85. The lowest BCUT2D eigenvalue weighted by molar-refractivity contribution is 0.196. The van der Waals surface area contributed by atoms with Gasteiger partial charge in [-0.05, 0) is 60.3 Å². The molecule has 134 valence electrons. The van der Waals surface area contributed by atoms with Crippen molar-refractivity contribution >= 4 is 0 Å². The van der Waals surface area contributed by atoms with Crippen LogP contribution in [-0.4, -0.2) is 36.9 Å². The molecule has 1 N–H and O–H groups in total. The fourth-order valence-electron chi connectivity index (χ4n) is 3.24. The minimum absolute atomic E-state index is 0.0208. The number of methoxy groups -OCH3 is 1. The van der Waals surface area contributed by atoms with Crippen LogP contribution in [0.4, 0.5) is 4.39 Å². The summed E-state index contributed by atoms with van der Waals surface area (Å²) in [5.74, 6) is 1.18. The molecular formula is C20H24FNO3. The van der Waals surface area contributed by atoms with Gasteiger partial charge >= 0.3 is 0 Å². The standard InChI is InChI=1S/C20H24FNO3/c1-24-20-11-15(4-7-19(20)25-10-9-23)3-2-8-22-13-16-5-6-18(21)12-17(16)14-22/h4-7,11-12,23H,2-3,8-10,13-14H2,1H3. The molecule has 0 saturated heterocycles. The van der Waals surface area contributed by atoms with Crippen LogP contribution in [0, 0.1) is 5.82 Å². The maximum Gasteiger partial charge on any atom is 0.161 e. The van der Waals surface area contributed by atoms with Crippen molar-refractivity contribution in [3.8, 4) is 11.5 Å². The van der Waals surface area contributed by atoms with Crippen molar-refractivity contribution in [2.45, 2.75) is 25.9 Å². The Bertz CT molecular complexity index is 720. The van der Waals surface area contributed by atoms with Gasteiger partial charge in [-0.1, -0.05) is 12.1 Å². The summed E-state index contributed by atoms with van der Waals surface area (Å²) >= 11 is 0. The van der Waals surface area contributed by atoms with Gasteiger partial charge in [0.2, 0.25) is 0 Å². The van der Waals surface area contributed by atoms with Crippen molar-refractivity contribution in [2.24, 2.45) is 0 Å². The van der Waals surface area contributed by atoms with E-state index in [9.17, 15) is 4.39 Å². The Morgan fingerprint density at radius 3 is 2.72 bits per heavy atom. The largest absolute Gasteiger partial charge is 0.493 e. The van der Waals surface area contributed by atoms with Gasteiger partial charge in [-0.25, -0.2) is 4.39 Å². The van der Waals surface area contributed by atoms with Crippen LogP contribution >= 0.6 is 0 Å². The molecule has 0 radical (unpaired) electrons. The number of nitrogens with zero attached hydrogens (tertiary/aromatic N) is 1. The first kappa shape index (κ1) is 17.7. The predicted molar refractivity (Wildman–Crippen MR) is 94.4 cm³/mol. The van der Waals surface area contributed by atoms with E-state index in [1.165, 1.54) is 17.2 Å². The Morgan fingerprint density at radius 2 is 1.92 bits per heavy atom. The molecule has 4 nitrogen and oxygen atoms in total.